The predicted octanol–water partition coefficient (Wildman–Crippen LogP) is 8.99. The van der Waals surface area contributed by atoms with Gasteiger partial charge >= 0.3 is 0 Å². The largest absolute Gasteiger partial charge is 0.496 e. The molecule has 6 nitrogen and oxygen atoms in total. The number of hydrogen-bond acceptors (Lipinski definition) is 6. The third kappa shape index (κ3) is 9.15. The molecular weight excluding hydrogens is 610 g/mol. The number of hydrogen-bond donors (Lipinski definition) is 1. The van der Waals surface area contributed by atoms with Crippen LogP contribution in [0.1, 0.15) is 33.4 Å². The lowest BCUT2D eigenvalue weighted by molar-refractivity contribution is 0.256. The Bertz CT molecular complexity index is 1940. The van der Waals surface area contributed by atoms with Gasteiger partial charge in [0, 0.05) is 24.3 Å². The predicted molar refractivity (Wildman–Crippen MR) is 193 cm³/mol. The van der Waals surface area contributed by atoms with Crippen molar-refractivity contribution in [3.8, 4) is 40.6 Å². The van der Waals surface area contributed by atoms with E-state index in [0.717, 1.165) is 22.3 Å². The van der Waals surface area contributed by atoms with Crippen LogP contribution >= 0.6 is 0 Å². The summed E-state index contributed by atoms with van der Waals surface area (Å²) in [5.41, 5.74) is 12.3. The maximum Gasteiger partial charge on any atom is 0.163 e. The monoisotopic (exact) mass is 647 g/mol. The fraction of sp³-hybridized carbons (Fsp3) is 0.116. The van der Waals surface area contributed by atoms with Crippen LogP contribution in [-0.4, -0.2) is 7.11 Å². The zero-order valence-corrected chi connectivity index (χ0v) is 27.3. The molecule has 0 amide bonds. The van der Waals surface area contributed by atoms with E-state index in [1.165, 1.54) is 0 Å². The van der Waals surface area contributed by atoms with Crippen LogP contribution in [0.5, 0.6) is 28.7 Å². The minimum atomic E-state index is 0.341. The summed E-state index contributed by atoms with van der Waals surface area (Å²) in [6.07, 6.45) is 0. The molecule has 2 N–H and O–H groups in total. The average Bonchev–Trinajstić information content (AvgIpc) is 3.16. The van der Waals surface area contributed by atoms with E-state index in [1.807, 2.05) is 140 Å². The highest BCUT2D eigenvalue weighted by atomic mass is 16.5. The third-order valence-electron chi connectivity index (χ3n) is 7.66. The molecule has 0 aromatic heterocycles. The highest BCUT2D eigenvalue weighted by Gasteiger charge is 2.16. The molecule has 0 bridgehead atoms. The Kier molecular flexibility index (Phi) is 11.0. The first kappa shape index (κ1) is 32.6. The lowest BCUT2D eigenvalue weighted by Gasteiger charge is -2.16. The molecule has 0 atom stereocenters. The lowest BCUT2D eigenvalue weighted by Crippen LogP contribution is -2.03. The summed E-state index contributed by atoms with van der Waals surface area (Å²) < 4.78 is 30.8. The Balaban J connectivity index is 1.36. The maximum absolute atomic E-state index is 6.60. The SMILES string of the molecule is COc1cc(OCc2ccccc2)c(C#Cc2cc(OCc3ccccc3)c(OCc3ccccc3)cc2N)c(OCc2ccccc2)c1. The van der Waals surface area contributed by atoms with Gasteiger partial charge in [0.2, 0.25) is 0 Å². The minimum Gasteiger partial charge on any atom is -0.496 e. The summed E-state index contributed by atoms with van der Waals surface area (Å²) in [5, 5.41) is 0. The van der Waals surface area contributed by atoms with Crippen molar-refractivity contribution in [2.45, 2.75) is 26.4 Å². The fourth-order valence-corrected chi connectivity index (χ4v) is 5.02. The molecule has 0 spiro atoms. The molecule has 0 aliphatic rings. The molecule has 6 aromatic rings. The highest BCUT2D eigenvalue weighted by Crippen LogP contribution is 2.36. The zero-order chi connectivity index (χ0) is 33.7. The van der Waals surface area contributed by atoms with Gasteiger partial charge in [-0.25, -0.2) is 0 Å². The highest BCUT2D eigenvalue weighted by molar-refractivity contribution is 5.67. The van der Waals surface area contributed by atoms with E-state index >= 15 is 0 Å². The van der Waals surface area contributed by atoms with E-state index in [-0.39, 0.29) is 0 Å². The quantitative estimate of drug-likeness (QED) is 0.0997. The number of rotatable bonds is 13. The summed E-state index contributed by atoms with van der Waals surface area (Å²) in [7, 11) is 1.61. The number of methoxy groups -OCH3 is 1. The normalized spacial score (nSPS) is 10.4. The smallest absolute Gasteiger partial charge is 0.163 e. The summed E-state index contributed by atoms with van der Waals surface area (Å²) in [4.78, 5) is 0. The topological polar surface area (TPSA) is 72.2 Å². The Hall–Kier alpha value is -6.32. The van der Waals surface area contributed by atoms with Crippen LogP contribution in [0, 0.1) is 11.8 Å². The van der Waals surface area contributed by atoms with Gasteiger partial charge in [0.15, 0.2) is 11.5 Å². The second kappa shape index (κ2) is 16.5. The molecule has 0 saturated heterocycles. The molecular formula is C43H37NO5. The first-order valence-electron chi connectivity index (χ1n) is 16.0. The Morgan fingerprint density at radius 1 is 0.449 bits per heavy atom. The maximum atomic E-state index is 6.60. The number of nitrogens with two attached hydrogens (primary N) is 1. The molecule has 6 aromatic carbocycles. The molecule has 0 unspecified atom stereocenters. The van der Waals surface area contributed by atoms with Crippen molar-refractivity contribution < 1.29 is 23.7 Å². The van der Waals surface area contributed by atoms with E-state index in [4.69, 9.17) is 29.4 Å². The van der Waals surface area contributed by atoms with Gasteiger partial charge in [-0.05, 0) is 22.3 Å². The third-order valence-corrected chi connectivity index (χ3v) is 7.66. The molecule has 0 heterocycles. The minimum absolute atomic E-state index is 0.341. The second-order valence-electron chi connectivity index (χ2n) is 11.2. The average molecular weight is 648 g/mol. The van der Waals surface area contributed by atoms with E-state index in [0.29, 0.717) is 72.0 Å². The van der Waals surface area contributed by atoms with Gasteiger partial charge < -0.3 is 29.4 Å². The zero-order valence-electron chi connectivity index (χ0n) is 27.3. The summed E-state index contributed by atoms with van der Waals surface area (Å²) >= 11 is 0. The Morgan fingerprint density at radius 2 is 0.816 bits per heavy atom. The van der Waals surface area contributed by atoms with E-state index in [2.05, 4.69) is 11.8 Å². The van der Waals surface area contributed by atoms with Crippen LogP contribution in [-0.2, 0) is 26.4 Å². The summed E-state index contributed by atoms with van der Waals surface area (Å²) in [6, 6.07) is 47.1. The van der Waals surface area contributed by atoms with Crippen LogP contribution in [0.4, 0.5) is 5.69 Å². The van der Waals surface area contributed by atoms with Crippen LogP contribution in [0.25, 0.3) is 0 Å². The van der Waals surface area contributed by atoms with Crippen LogP contribution in [0.2, 0.25) is 0 Å². The van der Waals surface area contributed by atoms with E-state index < -0.39 is 0 Å². The van der Waals surface area contributed by atoms with Gasteiger partial charge in [-0.3, -0.25) is 0 Å². The number of nitrogen functional groups attached to an aromatic ring is 1. The van der Waals surface area contributed by atoms with Crippen molar-refractivity contribution in [2.75, 3.05) is 12.8 Å². The lowest BCUT2D eigenvalue weighted by atomic mass is 10.1. The fourth-order valence-electron chi connectivity index (χ4n) is 5.02. The van der Waals surface area contributed by atoms with Gasteiger partial charge in [-0.15, -0.1) is 0 Å². The van der Waals surface area contributed by atoms with Gasteiger partial charge in [-0.2, -0.15) is 0 Å². The molecule has 6 rings (SSSR count). The number of anilines is 1. The van der Waals surface area contributed by atoms with Gasteiger partial charge in [-0.1, -0.05) is 133 Å². The van der Waals surface area contributed by atoms with Gasteiger partial charge in [0.05, 0.1) is 18.4 Å². The standard InChI is InChI=1S/C43H37NO5/c1-45-37-25-40(46-28-32-14-6-2-7-15-32)38(41(26-37)47-29-33-16-8-3-9-17-33)23-22-36-24-42(48-30-34-18-10-4-11-19-34)43(27-39(36)44)49-31-35-20-12-5-13-21-35/h2-21,24-27H,28-31,44H2,1H3. The number of benzene rings is 6. The molecule has 0 aliphatic heterocycles. The van der Waals surface area contributed by atoms with Crippen molar-refractivity contribution >= 4 is 5.69 Å². The Labute approximate surface area is 287 Å². The van der Waals surface area contributed by atoms with Gasteiger partial charge in [0.25, 0.3) is 0 Å². The summed E-state index contributed by atoms with van der Waals surface area (Å²) in [6.45, 7) is 1.40. The molecule has 0 fully saturated rings. The molecule has 6 heteroatoms. The van der Waals surface area contributed by atoms with Crippen LogP contribution in [0.15, 0.2) is 146 Å². The summed E-state index contributed by atoms with van der Waals surface area (Å²) in [5.74, 6) is 9.30. The van der Waals surface area contributed by atoms with Crippen molar-refractivity contribution in [3.05, 3.63) is 179 Å². The van der Waals surface area contributed by atoms with Crippen LogP contribution < -0.4 is 29.4 Å². The molecule has 49 heavy (non-hydrogen) atoms. The van der Waals surface area contributed by atoms with Crippen molar-refractivity contribution in [3.63, 3.8) is 0 Å². The van der Waals surface area contributed by atoms with Crippen molar-refractivity contribution in [1.82, 2.24) is 0 Å². The van der Waals surface area contributed by atoms with Gasteiger partial charge in [0.1, 0.15) is 49.2 Å². The first-order chi connectivity index (χ1) is 24.1. The van der Waals surface area contributed by atoms with Crippen LogP contribution in [0.3, 0.4) is 0 Å². The van der Waals surface area contributed by atoms with E-state index in [9.17, 15) is 0 Å². The van der Waals surface area contributed by atoms with Crippen molar-refractivity contribution in [2.24, 2.45) is 0 Å². The second-order valence-corrected chi connectivity index (χ2v) is 11.2. The Morgan fingerprint density at radius 3 is 1.20 bits per heavy atom. The molecule has 0 aliphatic carbocycles. The molecule has 0 radical (unpaired) electrons. The first-order valence-corrected chi connectivity index (χ1v) is 16.0. The van der Waals surface area contributed by atoms with E-state index in [1.54, 1.807) is 13.2 Å². The van der Waals surface area contributed by atoms with Crippen molar-refractivity contribution in [1.29, 1.82) is 0 Å². The molecule has 0 saturated carbocycles. The number of ether oxygens (including phenoxy) is 5. The molecule has 244 valence electrons.